The van der Waals surface area contributed by atoms with Gasteiger partial charge >= 0.3 is 0 Å². The molecule has 0 saturated carbocycles. The van der Waals surface area contributed by atoms with Gasteiger partial charge in [-0.05, 0) is 48.6 Å². The highest BCUT2D eigenvalue weighted by atomic mass is 35.5. The smallest absolute Gasteiger partial charge is 0.216 e. The van der Waals surface area contributed by atoms with Gasteiger partial charge in [0, 0.05) is 16.7 Å². The topological polar surface area (TPSA) is 45.8 Å². The number of hydrogen-bond acceptors (Lipinski definition) is 4. The van der Waals surface area contributed by atoms with E-state index in [4.69, 9.17) is 33.3 Å². The third-order valence-corrected chi connectivity index (χ3v) is 6.27. The second kappa shape index (κ2) is 10.7. The SMILES string of the molecule is COc1ccc(C2OC(c3ccccc3)=C(c3ccccc3)N2NC(=S)Nc2ccccc2Cl)cc1. The first-order chi connectivity index (χ1) is 17.6. The fraction of sp³-hybridized carbons (Fsp3) is 0.0690. The molecule has 0 radical (unpaired) electrons. The predicted octanol–water partition coefficient (Wildman–Crippen LogP) is 7.11. The van der Waals surface area contributed by atoms with Gasteiger partial charge in [0.05, 0.1) is 17.8 Å². The summed E-state index contributed by atoms with van der Waals surface area (Å²) >= 11 is 12.1. The number of para-hydroxylation sites is 1. The van der Waals surface area contributed by atoms with E-state index in [0.717, 1.165) is 33.9 Å². The van der Waals surface area contributed by atoms with Crippen LogP contribution >= 0.6 is 23.8 Å². The van der Waals surface area contributed by atoms with E-state index < -0.39 is 6.23 Å². The molecule has 1 aliphatic rings. The molecule has 0 bridgehead atoms. The number of hydrogen-bond donors (Lipinski definition) is 2. The Hall–Kier alpha value is -4.00. The Morgan fingerprint density at radius 2 is 1.44 bits per heavy atom. The molecule has 0 aromatic heterocycles. The summed E-state index contributed by atoms with van der Waals surface area (Å²) in [5.41, 5.74) is 7.82. The lowest BCUT2D eigenvalue weighted by molar-refractivity contribution is 0.0564. The maximum absolute atomic E-state index is 6.65. The minimum atomic E-state index is -0.493. The van der Waals surface area contributed by atoms with E-state index in [1.165, 1.54) is 0 Å². The Morgan fingerprint density at radius 3 is 2.08 bits per heavy atom. The van der Waals surface area contributed by atoms with E-state index in [0.29, 0.717) is 15.8 Å². The van der Waals surface area contributed by atoms with Crippen LogP contribution in [-0.2, 0) is 4.74 Å². The third kappa shape index (κ3) is 5.00. The van der Waals surface area contributed by atoms with Crippen molar-refractivity contribution in [1.82, 2.24) is 10.4 Å². The molecule has 180 valence electrons. The zero-order chi connectivity index (χ0) is 24.9. The highest BCUT2D eigenvalue weighted by molar-refractivity contribution is 7.80. The summed E-state index contributed by atoms with van der Waals surface area (Å²) in [6.45, 7) is 0. The van der Waals surface area contributed by atoms with Crippen LogP contribution in [0.3, 0.4) is 0 Å². The van der Waals surface area contributed by atoms with Gasteiger partial charge in [-0.15, -0.1) is 0 Å². The molecular formula is C29H24ClN3O2S. The van der Waals surface area contributed by atoms with Gasteiger partial charge in [-0.1, -0.05) is 84.4 Å². The van der Waals surface area contributed by atoms with E-state index >= 15 is 0 Å². The van der Waals surface area contributed by atoms with Crippen molar-refractivity contribution in [3.05, 3.63) is 131 Å². The molecule has 1 aliphatic heterocycles. The van der Waals surface area contributed by atoms with Gasteiger partial charge in [-0.25, -0.2) is 5.01 Å². The van der Waals surface area contributed by atoms with Gasteiger partial charge in [0.2, 0.25) is 6.23 Å². The largest absolute Gasteiger partial charge is 0.497 e. The maximum atomic E-state index is 6.65. The van der Waals surface area contributed by atoms with Crippen LogP contribution in [0, 0.1) is 0 Å². The van der Waals surface area contributed by atoms with Crippen molar-refractivity contribution in [3.63, 3.8) is 0 Å². The molecule has 5 rings (SSSR count). The van der Waals surface area contributed by atoms with Gasteiger partial charge in [-0.3, -0.25) is 5.43 Å². The number of ether oxygens (including phenoxy) is 2. The molecular weight excluding hydrogens is 490 g/mol. The van der Waals surface area contributed by atoms with E-state index in [9.17, 15) is 0 Å². The van der Waals surface area contributed by atoms with Crippen LogP contribution < -0.4 is 15.5 Å². The summed E-state index contributed by atoms with van der Waals surface area (Å²) in [5, 5.41) is 6.11. The number of rotatable bonds is 6. The predicted molar refractivity (Wildman–Crippen MR) is 149 cm³/mol. The van der Waals surface area contributed by atoms with Crippen LogP contribution in [0.5, 0.6) is 5.75 Å². The van der Waals surface area contributed by atoms with Crippen LogP contribution in [0.15, 0.2) is 109 Å². The summed E-state index contributed by atoms with van der Waals surface area (Å²) in [7, 11) is 1.65. The standard InChI is InChI=1S/C29H24ClN3O2S/c1-34-23-18-16-22(17-19-23)28-33(32-29(36)31-25-15-9-8-14-24(25)30)26(20-10-4-2-5-11-20)27(35-28)21-12-6-3-7-13-21/h2-19,28H,1H3,(H2,31,32,36). The van der Waals surface area contributed by atoms with Crippen molar-refractivity contribution >= 4 is 46.1 Å². The Bertz CT molecular complexity index is 1380. The van der Waals surface area contributed by atoms with Crippen LogP contribution in [0.4, 0.5) is 5.69 Å². The molecule has 0 amide bonds. The molecule has 1 unspecified atom stereocenters. The van der Waals surface area contributed by atoms with Crippen molar-refractivity contribution in [2.45, 2.75) is 6.23 Å². The Morgan fingerprint density at radius 1 is 0.833 bits per heavy atom. The lowest BCUT2D eigenvalue weighted by Gasteiger charge is -2.29. The maximum Gasteiger partial charge on any atom is 0.216 e. The quantitative estimate of drug-likeness (QED) is 0.268. The number of halogens is 1. The van der Waals surface area contributed by atoms with Crippen molar-refractivity contribution in [3.8, 4) is 5.75 Å². The summed E-state index contributed by atoms with van der Waals surface area (Å²) in [4.78, 5) is 0. The number of anilines is 1. The number of hydrazine groups is 1. The fourth-order valence-corrected chi connectivity index (χ4v) is 4.42. The zero-order valence-corrected chi connectivity index (χ0v) is 21.1. The molecule has 7 heteroatoms. The first kappa shape index (κ1) is 23.7. The summed E-state index contributed by atoms with van der Waals surface area (Å²) < 4.78 is 12.0. The van der Waals surface area contributed by atoms with Crippen LogP contribution in [0.2, 0.25) is 5.02 Å². The molecule has 0 aliphatic carbocycles. The Balaban J connectivity index is 1.57. The molecule has 0 saturated heterocycles. The highest BCUT2D eigenvalue weighted by Crippen LogP contribution is 2.44. The highest BCUT2D eigenvalue weighted by Gasteiger charge is 2.37. The normalized spacial score (nSPS) is 14.8. The minimum Gasteiger partial charge on any atom is -0.497 e. The van der Waals surface area contributed by atoms with Crippen molar-refractivity contribution in [2.24, 2.45) is 0 Å². The average molecular weight is 514 g/mol. The van der Waals surface area contributed by atoms with Crippen molar-refractivity contribution in [1.29, 1.82) is 0 Å². The fourth-order valence-electron chi connectivity index (χ4n) is 4.03. The minimum absolute atomic E-state index is 0.382. The molecule has 4 aromatic carbocycles. The summed E-state index contributed by atoms with van der Waals surface area (Å²) in [6, 6.07) is 35.4. The lowest BCUT2D eigenvalue weighted by atomic mass is 10.1. The first-order valence-corrected chi connectivity index (χ1v) is 12.2. The molecule has 2 N–H and O–H groups in total. The number of nitrogens with zero attached hydrogens (tertiary/aromatic N) is 1. The number of benzene rings is 4. The molecule has 1 atom stereocenters. The molecule has 4 aromatic rings. The van der Waals surface area contributed by atoms with Gasteiger partial charge in [-0.2, -0.15) is 0 Å². The Kier molecular flexibility index (Phi) is 7.07. The third-order valence-electron chi connectivity index (χ3n) is 5.75. The zero-order valence-electron chi connectivity index (χ0n) is 19.5. The summed E-state index contributed by atoms with van der Waals surface area (Å²) in [5.74, 6) is 1.52. The molecule has 0 fully saturated rings. The van der Waals surface area contributed by atoms with Gasteiger partial charge in [0.1, 0.15) is 11.4 Å². The van der Waals surface area contributed by atoms with Gasteiger partial charge < -0.3 is 14.8 Å². The number of methoxy groups -OCH3 is 1. The summed E-state index contributed by atoms with van der Waals surface area (Å²) in [6.07, 6.45) is -0.493. The van der Waals surface area contributed by atoms with Crippen molar-refractivity contribution in [2.75, 3.05) is 12.4 Å². The van der Waals surface area contributed by atoms with E-state index in [2.05, 4.69) is 22.9 Å². The molecule has 1 heterocycles. The van der Waals surface area contributed by atoms with Crippen LogP contribution in [0.25, 0.3) is 11.5 Å². The lowest BCUT2D eigenvalue weighted by Crippen LogP contribution is -2.43. The second-order valence-corrected chi connectivity index (χ2v) is 8.88. The number of nitrogens with one attached hydrogen (secondary N) is 2. The average Bonchev–Trinajstić information content (AvgIpc) is 3.30. The monoisotopic (exact) mass is 513 g/mol. The van der Waals surface area contributed by atoms with Crippen LogP contribution in [-0.4, -0.2) is 17.2 Å². The number of thiocarbonyl (C=S) groups is 1. The molecule has 36 heavy (non-hydrogen) atoms. The Labute approximate surface area is 220 Å². The van der Waals surface area contributed by atoms with E-state index in [1.54, 1.807) is 7.11 Å². The van der Waals surface area contributed by atoms with Crippen LogP contribution in [0.1, 0.15) is 22.9 Å². The van der Waals surface area contributed by atoms with Crippen molar-refractivity contribution < 1.29 is 9.47 Å². The second-order valence-electron chi connectivity index (χ2n) is 8.07. The first-order valence-electron chi connectivity index (χ1n) is 11.4. The molecule has 5 nitrogen and oxygen atoms in total. The van der Waals surface area contributed by atoms with E-state index in [1.807, 2.05) is 102 Å². The van der Waals surface area contributed by atoms with E-state index in [-0.39, 0.29) is 0 Å². The molecule has 0 spiro atoms. The van der Waals surface area contributed by atoms with Gasteiger partial charge in [0.15, 0.2) is 10.9 Å². The van der Waals surface area contributed by atoms with Gasteiger partial charge in [0.25, 0.3) is 0 Å².